The molecule has 2 aromatic rings. The Kier molecular flexibility index (Phi) is 7.56. The Balaban J connectivity index is 2.13. The zero-order chi connectivity index (χ0) is 20.5. The molecule has 0 aliphatic heterocycles. The van der Waals surface area contributed by atoms with Crippen LogP contribution in [0.15, 0.2) is 54.6 Å². The molecule has 4 N–H and O–H groups in total. The van der Waals surface area contributed by atoms with Gasteiger partial charge in [0.25, 0.3) is 0 Å². The first kappa shape index (κ1) is 21.0. The summed E-state index contributed by atoms with van der Waals surface area (Å²) in [6.07, 6.45) is 1.03. The van der Waals surface area contributed by atoms with Crippen LogP contribution in [0, 0.1) is 0 Å². The molecule has 28 heavy (non-hydrogen) atoms. The van der Waals surface area contributed by atoms with Gasteiger partial charge in [-0.1, -0.05) is 48.5 Å². The number of rotatable bonds is 10. The first-order valence-electron chi connectivity index (χ1n) is 9.00. The highest BCUT2D eigenvalue weighted by molar-refractivity contribution is 5.87. The largest absolute Gasteiger partial charge is 0.481 e. The molecule has 0 saturated carbocycles. The molecule has 7 heteroatoms. The number of para-hydroxylation sites is 1. The molecular weight excluding hydrogens is 360 g/mol. The van der Waals surface area contributed by atoms with E-state index in [1.807, 2.05) is 30.3 Å². The van der Waals surface area contributed by atoms with Crippen molar-refractivity contribution in [3.05, 3.63) is 65.7 Å². The molecular formula is C21H24N2O5. The highest BCUT2D eigenvalue weighted by Crippen LogP contribution is 2.29. The minimum Gasteiger partial charge on any atom is -0.481 e. The first-order chi connectivity index (χ1) is 13.4. The quantitative estimate of drug-likeness (QED) is 0.500. The van der Waals surface area contributed by atoms with E-state index in [0.717, 1.165) is 5.56 Å². The summed E-state index contributed by atoms with van der Waals surface area (Å²) in [5, 5.41) is 23.7. The molecule has 2 rings (SSSR count). The lowest BCUT2D eigenvalue weighted by atomic mass is 9.91. The fraction of sp³-hybridized carbons (Fsp3) is 0.286. The zero-order valence-corrected chi connectivity index (χ0v) is 15.6. The van der Waals surface area contributed by atoms with Crippen LogP contribution in [-0.4, -0.2) is 40.6 Å². The van der Waals surface area contributed by atoms with E-state index in [4.69, 9.17) is 5.11 Å². The molecule has 1 amide bonds. The molecule has 0 aromatic heterocycles. The van der Waals surface area contributed by atoms with E-state index in [-0.39, 0.29) is 0 Å². The number of hydrogen-bond acceptors (Lipinski definition) is 4. The van der Waals surface area contributed by atoms with E-state index in [1.165, 1.54) is 0 Å². The van der Waals surface area contributed by atoms with Crippen LogP contribution in [0.5, 0.6) is 0 Å². The Morgan fingerprint density at radius 2 is 1.61 bits per heavy atom. The van der Waals surface area contributed by atoms with Crippen LogP contribution in [0.3, 0.4) is 0 Å². The smallest absolute Gasteiger partial charge is 0.322 e. The van der Waals surface area contributed by atoms with Crippen molar-refractivity contribution in [3.63, 3.8) is 0 Å². The molecule has 2 aromatic carbocycles. The van der Waals surface area contributed by atoms with Crippen LogP contribution in [0.2, 0.25) is 0 Å². The third-order valence-electron chi connectivity index (χ3n) is 4.38. The molecule has 7 nitrogen and oxygen atoms in total. The van der Waals surface area contributed by atoms with Crippen LogP contribution >= 0.6 is 0 Å². The Labute approximate surface area is 163 Å². The highest BCUT2D eigenvalue weighted by atomic mass is 16.4. The number of hydrogen-bond donors (Lipinski definition) is 4. The second kappa shape index (κ2) is 10.1. The molecule has 0 saturated heterocycles. The molecule has 2 unspecified atom stereocenters. The van der Waals surface area contributed by atoms with Crippen molar-refractivity contribution in [1.29, 1.82) is 0 Å². The molecule has 0 aliphatic rings. The molecule has 0 aliphatic carbocycles. The number of aliphatic carboxylic acids is 2. The summed E-state index contributed by atoms with van der Waals surface area (Å²) < 4.78 is 0. The lowest BCUT2D eigenvalue weighted by molar-refractivity contribution is -0.139. The number of anilines is 1. The van der Waals surface area contributed by atoms with Crippen molar-refractivity contribution in [2.75, 3.05) is 11.9 Å². The lowest BCUT2D eigenvalue weighted by Crippen LogP contribution is -2.40. The number of carbonyl (C=O) groups is 3. The number of carbonyl (C=O) groups excluding carboxylic acids is 1. The van der Waals surface area contributed by atoms with E-state index in [2.05, 4.69) is 10.6 Å². The lowest BCUT2D eigenvalue weighted by Gasteiger charge is -2.21. The minimum atomic E-state index is -1.13. The maximum absolute atomic E-state index is 12.0. The van der Waals surface area contributed by atoms with Gasteiger partial charge in [0.2, 0.25) is 5.91 Å². The minimum absolute atomic E-state index is 0.414. The summed E-state index contributed by atoms with van der Waals surface area (Å²) in [5.74, 6) is -3.28. The van der Waals surface area contributed by atoms with Crippen LogP contribution in [-0.2, 0) is 20.8 Å². The maximum Gasteiger partial charge on any atom is 0.322 e. The monoisotopic (exact) mass is 384 g/mol. The standard InChI is InChI=1S/C21H24N2O5/c1-14(20(26)22-13-19(24)25)23-18-10-6-5-9-16(18)17(21(27)28)12-11-15-7-3-2-4-8-15/h2-10,14,17,23H,11-13H2,1H3,(H,22,26)(H,24,25)(H,27,28). The van der Waals surface area contributed by atoms with Crippen molar-refractivity contribution >= 4 is 23.5 Å². The Bertz CT molecular complexity index is 823. The Morgan fingerprint density at radius 1 is 0.964 bits per heavy atom. The van der Waals surface area contributed by atoms with Crippen molar-refractivity contribution in [1.82, 2.24) is 5.32 Å². The van der Waals surface area contributed by atoms with Gasteiger partial charge in [0.05, 0.1) is 5.92 Å². The Hall–Kier alpha value is -3.35. The number of nitrogens with one attached hydrogen (secondary N) is 2. The fourth-order valence-corrected chi connectivity index (χ4v) is 2.91. The van der Waals surface area contributed by atoms with E-state index in [1.54, 1.807) is 31.2 Å². The molecule has 0 heterocycles. The van der Waals surface area contributed by atoms with Gasteiger partial charge in [-0.2, -0.15) is 0 Å². The van der Waals surface area contributed by atoms with Crippen LogP contribution in [0.1, 0.15) is 30.4 Å². The predicted molar refractivity (Wildman–Crippen MR) is 105 cm³/mol. The molecule has 148 valence electrons. The van der Waals surface area contributed by atoms with Gasteiger partial charge in [-0.25, -0.2) is 0 Å². The molecule has 0 bridgehead atoms. The molecule has 0 radical (unpaired) electrons. The SMILES string of the molecule is CC(Nc1ccccc1C(CCc1ccccc1)C(=O)O)C(=O)NCC(=O)O. The maximum atomic E-state index is 12.0. The van der Waals surface area contributed by atoms with E-state index >= 15 is 0 Å². The van der Waals surface area contributed by atoms with Crippen molar-refractivity contribution in [2.24, 2.45) is 0 Å². The summed E-state index contributed by atoms with van der Waals surface area (Å²) in [7, 11) is 0. The van der Waals surface area contributed by atoms with E-state index < -0.39 is 36.4 Å². The average molecular weight is 384 g/mol. The average Bonchev–Trinajstić information content (AvgIpc) is 2.68. The van der Waals surface area contributed by atoms with Gasteiger partial charge in [0.15, 0.2) is 0 Å². The first-order valence-corrected chi connectivity index (χ1v) is 9.00. The van der Waals surface area contributed by atoms with Crippen LogP contribution in [0.25, 0.3) is 0 Å². The molecule has 0 spiro atoms. The van der Waals surface area contributed by atoms with Crippen molar-refractivity contribution in [2.45, 2.75) is 31.7 Å². The zero-order valence-electron chi connectivity index (χ0n) is 15.6. The van der Waals surface area contributed by atoms with Crippen LogP contribution < -0.4 is 10.6 Å². The van der Waals surface area contributed by atoms with Gasteiger partial charge in [-0.15, -0.1) is 0 Å². The van der Waals surface area contributed by atoms with Gasteiger partial charge < -0.3 is 20.8 Å². The van der Waals surface area contributed by atoms with Crippen LogP contribution in [0.4, 0.5) is 5.69 Å². The Morgan fingerprint density at radius 3 is 2.25 bits per heavy atom. The number of aryl methyl sites for hydroxylation is 1. The van der Waals surface area contributed by atoms with Gasteiger partial charge in [0.1, 0.15) is 12.6 Å². The van der Waals surface area contributed by atoms with E-state index in [0.29, 0.717) is 24.1 Å². The summed E-state index contributed by atoms with van der Waals surface area (Å²) in [6, 6.07) is 15.9. The number of benzene rings is 2. The second-order valence-electron chi connectivity index (χ2n) is 6.48. The number of carboxylic acid groups (broad SMARTS) is 2. The fourth-order valence-electron chi connectivity index (χ4n) is 2.91. The number of carboxylic acids is 2. The van der Waals surface area contributed by atoms with Gasteiger partial charge in [0, 0.05) is 5.69 Å². The molecule has 0 fully saturated rings. The third kappa shape index (κ3) is 6.12. The topological polar surface area (TPSA) is 116 Å². The van der Waals surface area contributed by atoms with E-state index in [9.17, 15) is 19.5 Å². The van der Waals surface area contributed by atoms with Gasteiger partial charge in [-0.3, -0.25) is 14.4 Å². The predicted octanol–water partition coefficient (Wildman–Crippen LogP) is 2.49. The van der Waals surface area contributed by atoms with Crippen molar-refractivity contribution in [3.8, 4) is 0 Å². The summed E-state index contributed by atoms with van der Waals surface area (Å²) in [5.41, 5.74) is 2.19. The second-order valence-corrected chi connectivity index (χ2v) is 6.48. The normalized spacial score (nSPS) is 12.6. The highest BCUT2D eigenvalue weighted by Gasteiger charge is 2.24. The molecule has 2 atom stereocenters. The van der Waals surface area contributed by atoms with Crippen molar-refractivity contribution < 1.29 is 24.6 Å². The summed E-state index contributed by atoms with van der Waals surface area (Å²) in [4.78, 5) is 34.5. The number of amides is 1. The third-order valence-corrected chi connectivity index (χ3v) is 4.38. The van der Waals surface area contributed by atoms with Gasteiger partial charge in [-0.05, 0) is 37.0 Å². The van der Waals surface area contributed by atoms with Gasteiger partial charge >= 0.3 is 11.9 Å². The summed E-state index contributed by atoms with van der Waals surface area (Å²) >= 11 is 0. The summed E-state index contributed by atoms with van der Waals surface area (Å²) in [6.45, 7) is 1.12.